The number of halogens is 1. The number of amides is 1. The average Bonchev–Trinajstić information content (AvgIpc) is 2.79. The third kappa shape index (κ3) is 5.57. The lowest BCUT2D eigenvalue weighted by Crippen LogP contribution is -2.32. The zero-order valence-corrected chi connectivity index (χ0v) is 17.8. The number of esters is 1. The third-order valence-electron chi connectivity index (χ3n) is 4.43. The molecule has 0 radical (unpaired) electrons. The van der Waals surface area contributed by atoms with E-state index in [0.29, 0.717) is 11.1 Å². The van der Waals surface area contributed by atoms with Crippen LogP contribution in [0.1, 0.15) is 27.5 Å². The number of carbonyl (C=O) groups is 2. The summed E-state index contributed by atoms with van der Waals surface area (Å²) in [5.74, 6) is -0.901. The van der Waals surface area contributed by atoms with Crippen LogP contribution in [0.25, 0.3) is 0 Å². The highest BCUT2D eigenvalue weighted by molar-refractivity contribution is 9.10. The number of ether oxygens (including phenoxy) is 1. The molecule has 3 aromatic carbocycles. The first kappa shape index (κ1) is 21.3. The molecule has 0 aliphatic carbocycles. The number of carbonyl (C=O) groups excluding carboxylic acids is 2. The Labute approximate surface area is 184 Å². The van der Waals surface area contributed by atoms with Crippen LogP contribution in [-0.2, 0) is 16.1 Å². The predicted octanol–water partition coefficient (Wildman–Crippen LogP) is 5.37. The zero-order chi connectivity index (χ0) is 21.3. The van der Waals surface area contributed by atoms with Crippen LogP contribution in [0.2, 0.25) is 0 Å². The van der Waals surface area contributed by atoms with Gasteiger partial charge in [0.2, 0.25) is 0 Å². The molecular formula is C25H20BrNO3. The third-order valence-corrected chi connectivity index (χ3v) is 4.96. The minimum absolute atomic E-state index is 0.116. The van der Waals surface area contributed by atoms with Gasteiger partial charge in [-0.3, -0.25) is 4.79 Å². The molecule has 0 aliphatic rings. The van der Waals surface area contributed by atoms with Crippen molar-refractivity contribution in [2.45, 2.75) is 12.6 Å². The van der Waals surface area contributed by atoms with Gasteiger partial charge in [-0.1, -0.05) is 83.2 Å². The molecule has 0 spiro atoms. The fraction of sp³-hybridized carbons (Fsp3) is 0.0800. The largest absolute Gasteiger partial charge is 0.457 e. The van der Waals surface area contributed by atoms with Crippen molar-refractivity contribution >= 4 is 27.8 Å². The summed E-state index contributed by atoms with van der Waals surface area (Å²) >= 11 is 3.40. The van der Waals surface area contributed by atoms with Crippen LogP contribution in [0.3, 0.4) is 0 Å². The molecule has 1 N–H and O–H groups in total. The topological polar surface area (TPSA) is 55.4 Å². The lowest BCUT2D eigenvalue weighted by molar-refractivity contribution is -0.140. The van der Waals surface area contributed by atoms with Crippen LogP contribution >= 0.6 is 15.9 Å². The molecule has 1 amide bonds. The van der Waals surface area contributed by atoms with Crippen molar-refractivity contribution in [1.29, 1.82) is 0 Å². The van der Waals surface area contributed by atoms with Crippen molar-refractivity contribution in [1.82, 2.24) is 5.32 Å². The number of nitrogens with one attached hydrogen (secondary N) is 1. The molecule has 0 fully saturated rings. The van der Waals surface area contributed by atoms with Crippen molar-refractivity contribution < 1.29 is 14.3 Å². The Kier molecular flexibility index (Phi) is 7.39. The molecule has 0 aliphatic heterocycles. The summed E-state index contributed by atoms with van der Waals surface area (Å²) in [6, 6.07) is 24.7. The van der Waals surface area contributed by atoms with E-state index < -0.39 is 12.0 Å². The van der Waals surface area contributed by atoms with Gasteiger partial charge < -0.3 is 10.1 Å². The first-order valence-corrected chi connectivity index (χ1v) is 10.1. The Morgan fingerprint density at radius 2 is 1.53 bits per heavy atom. The van der Waals surface area contributed by atoms with E-state index in [1.807, 2.05) is 60.7 Å². The molecule has 3 rings (SSSR count). The maximum Gasteiger partial charge on any atom is 0.344 e. The molecular weight excluding hydrogens is 442 g/mol. The molecule has 0 saturated carbocycles. The number of benzene rings is 3. The van der Waals surface area contributed by atoms with Crippen molar-refractivity contribution in [2.75, 3.05) is 0 Å². The minimum atomic E-state index is -0.758. The van der Waals surface area contributed by atoms with Crippen molar-refractivity contribution in [2.24, 2.45) is 0 Å². The Morgan fingerprint density at radius 1 is 0.933 bits per heavy atom. The summed E-state index contributed by atoms with van der Waals surface area (Å²) in [7, 11) is 0. The molecule has 0 unspecified atom stereocenters. The molecule has 5 heteroatoms. The van der Waals surface area contributed by atoms with Crippen LogP contribution in [0.4, 0.5) is 0 Å². The molecule has 150 valence electrons. The molecule has 0 saturated heterocycles. The molecule has 0 heterocycles. The van der Waals surface area contributed by atoms with E-state index in [1.165, 1.54) is 0 Å². The van der Waals surface area contributed by atoms with Crippen LogP contribution < -0.4 is 5.32 Å². The summed E-state index contributed by atoms with van der Waals surface area (Å²) in [6.45, 7) is 3.77. The van der Waals surface area contributed by atoms with E-state index >= 15 is 0 Å². The van der Waals surface area contributed by atoms with Gasteiger partial charge in [0.25, 0.3) is 5.91 Å². The molecule has 0 bridgehead atoms. The van der Waals surface area contributed by atoms with Crippen molar-refractivity contribution in [3.05, 3.63) is 124 Å². The number of hydrogen-bond donors (Lipinski definition) is 1. The average molecular weight is 462 g/mol. The van der Waals surface area contributed by atoms with Gasteiger partial charge in [0, 0.05) is 10.0 Å². The second kappa shape index (κ2) is 10.4. The lowest BCUT2D eigenvalue weighted by atomic mass is 9.98. The maximum atomic E-state index is 12.8. The van der Waals surface area contributed by atoms with Crippen molar-refractivity contribution in [3.8, 4) is 0 Å². The lowest BCUT2D eigenvalue weighted by Gasteiger charge is -2.20. The minimum Gasteiger partial charge on any atom is -0.457 e. The number of hydrogen-bond acceptors (Lipinski definition) is 3. The summed E-state index contributed by atoms with van der Waals surface area (Å²) in [5, 5.41) is 2.90. The molecule has 3 aromatic rings. The predicted molar refractivity (Wildman–Crippen MR) is 120 cm³/mol. The second-order valence-electron chi connectivity index (χ2n) is 6.48. The van der Waals surface area contributed by atoms with Gasteiger partial charge in [-0.25, -0.2) is 4.79 Å². The van der Waals surface area contributed by atoms with E-state index in [1.54, 1.807) is 24.3 Å². The van der Waals surface area contributed by atoms with E-state index in [0.717, 1.165) is 10.0 Å². The van der Waals surface area contributed by atoms with Gasteiger partial charge in [0.1, 0.15) is 12.2 Å². The van der Waals surface area contributed by atoms with Gasteiger partial charge in [0.15, 0.2) is 0 Å². The monoisotopic (exact) mass is 461 g/mol. The van der Waals surface area contributed by atoms with Crippen LogP contribution in [0.5, 0.6) is 0 Å². The highest BCUT2D eigenvalue weighted by Gasteiger charge is 2.26. The van der Waals surface area contributed by atoms with Gasteiger partial charge in [0.05, 0.1) is 6.04 Å². The van der Waals surface area contributed by atoms with Crippen LogP contribution in [0.15, 0.2) is 107 Å². The fourth-order valence-electron chi connectivity index (χ4n) is 2.87. The van der Waals surface area contributed by atoms with Crippen molar-refractivity contribution in [3.63, 3.8) is 0 Å². The molecule has 4 nitrogen and oxygen atoms in total. The molecule has 30 heavy (non-hydrogen) atoms. The fourth-order valence-corrected chi connectivity index (χ4v) is 3.14. The SMILES string of the molecule is C=C=C(C(=O)OCc1ccccc1)[C@@H](NC(=O)c1ccccc1)c1ccc(Br)cc1. The zero-order valence-electron chi connectivity index (χ0n) is 16.2. The van der Waals surface area contributed by atoms with E-state index in [9.17, 15) is 9.59 Å². The van der Waals surface area contributed by atoms with Crippen LogP contribution in [0, 0.1) is 0 Å². The Balaban J connectivity index is 1.85. The van der Waals surface area contributed by atoms with E-state index in [4.69, 9.17) is 4.74 Å². The summed E-state index contributed by atoms with van der Waals surface area (Å²) < 4.78 is 6.34. The quantitative estimate of drug-likeness (QED) is 0.292. The number of rotatable bonds is 7. The van der Waals surface area contributed by atoms with Gasteiger partial charge in [-0.15, -0.1) is 5.73 Å². The maximum absolute atomic E-state index is 12.8. The van der Waals surface area contributed by atoms with Gasteiger partial charge in [-0.05, 0) is 35.4 Å². The highest BCUT2D eigenvalue weighted by Crippen LogP contribution is 2.25. The highest BCUT2D eigenvalue weighted by atomic mass is 79.9. The van der Waals surface area contributed by atoms with Gasteiger partial charge >= 0.3 is 5.97 Å². The molecule has 1 atom stereocenters. The first-order valence-electron chi connectivity index (χ1n) is 9.31. The van der Waals surface area contributed by atoms with Crippen LogP contribution in [-0.4, -0.2) is 11.9 Å². The van der Waals surface area contributed by atoms with E-state index in [-0.39, 0.29) is 18.1 Å². The standard InChI is InChI=1S/C25H20BrNO3/c1-2-22(25(29)30-17-18-9-5-3-6-10-18)23(19-13-15-21(26)16-14-19)27-24(28)20-11-7-4-8-12-20/h3-16,23H,1,17H2,(H,27,28)/t23-/m0/s1. The van der Waals surface area contributed by atoms with E-state index in [2.05, 4.69) is 33.6 Å². The second-order valence-corrected chi connectivity index (χ2v) is 7.39. The smallest absolute Gasteiger partial charge is 0.344 e. The van der Waals surface area contributed by atoms with Gasteiger partial charge in [-0.2, -0.15) is 0 Å². The molecule has 0 aromatic heterocycles. The summed E-state index contributed by atoms with van der Waals surface area (Å²) in [6.07, 6.45) is 0. The Bertz CT molecular complexity index is 1060. The summed E-state index contributed by atoms with van der Waals surface area (Å²) in [4.78, 5) is 25.6. The first-order chi connectivity index (χ1) is 14.6. The Hall–Kier alpha value is -3.40. The Morgan fingerprint density at radius 3 is 2.13 bits per heavy atom. The summed E-state index contributed by atoms with van der Waals surface area (Å²) in [5.41, 5.74) is 4.87. The normalized spacial score (nSPS) is 11.1.